The standard InChI is InChI=1S/C31H39Br2ClN4O4/c32-24-16-23-2-1-22-17-25(34)18-26(33)28(22)29(30(23)35-19-24)21-5-9-36(10-6-21)27(41)15-20-3-7-37(8-4-20)31(42)38(11-13-39)12-14-40/h16-21,29,39-40H,1-15H2/t29-/m1/s1. The van der Waals surface area contributed by atoms with Gasteiger partial charge < -0.3 is 24.9 Å². The fraction of sp³-hybridized carbons (Fsp3) is 0.581. The molecule has 1 atom stereocenters. The Morgan fingerprint density at radius 2 is 1.57 bits per heavy atom. The van der Waals surface area contributed by atoms with Crippen molar-refractivity contribution in [1.82, 2.24) is 19.7 Å². The average Bonchev–Trinajstić information content (AvgIpc) is 3.14. The maximum atomic E-state index is 13.4. The van der Waals surface area contributed by atoms with Crippen LogP contribution in [0.1, 0.15) is 60.4 Å². The zero-order chi connectivity index (χ0) is 29.8. The van der Waals surface area contributed by atoms with E-state index in [2.05, 4.69) is 44.0 Å². The van der Waals surface area contributed by atoms with Crippen molar-refractivity contribution in [3.8, 4) is 0 Å². The molecule has 0 bridgehead atoms. The normalized spacial score (nSPS) is 19.7. The molecule has 0 saturated carbocycles. The average molecular weight is 727 g/mol. The summed E-state index contributed by atoms with van der Waals surface area (Å²) in [5.41, 5.74) is 4.97. The molecular formula is C31H39Br2ClN4O4. The number of likely N-dealkylation sites (tertiary alicyclic amines) is 2. The number of carbonyl (C=O) groups is 2. The highest BCUT2D eigenvalue weighted by Gasteiger charge is 2.37. The number of hydrogen-bond donors (Lipinski definition) is 2. The predicted molar refractivity (Wildman–Crippen MR) is 170 cm³/mol. The monoisotopic (exact) mass is 724 g/mol. The number of aryl methyl sites for hydroxylation is 2. The van der Waals surface area contributed by atoms with Crippen molar-refractivity contribution in [2.24, 2.45) is 11.8 Å². The van der Waals surface area contributed by atoms with Crippen molar-refractivity contribution >= 4 is 55.4 Å². The summed E-state index contributed by atoms with van der Waals surface area (Å²) in [7, 11) is 0. The molecule has 3 heterocycles. The van der Waals surface area contributed by atoms with E-state index in [9.17, 15) is 19.8 Å². The van der Waals surface area contributed by atoms with E-state index in [4.69, 9.17) is 16.6 Å². The molecule has 0 spiro atoms. The molecule has 1 aromatic heterocycles. The highest BCUT2D eigenvalue weighted by molar-refractivity contribution is 9.10. The number of urea groups is 1. The van der Waals surface area contributed by atoms with Gasteiger partial charge >= 0.3 is 6.03 Å². The topological polar surface area (TPSA) is 97.2 Å². The van der Waals surface area contributed by atoms with Crippen molar-refractivity contribution in [2.45, 2.75) is 50.9 Å². The smallest absolute Gasteiger partial charge is 0.320 e. The molecule has 3 aliphatic rings. The number of benzene rings is 1. The summed E-state index contributed by atoms with van der Waals surface area (Å²) in [5, 5.41) is 19.2. The van der Waals surface area contributed by atoms with E-state index in [1.807, 2.05) is 17.2 Å². The molecule has 2 N–H and O–H groups in total. The van der Waals surface area contributed by atoms with Crippen molar-refractivity contribution in [3.63, 3.8) is 0 Å². The van der Waals surface area contributed by atoms with Crippen LogP contribution in [-0.2, 0) is 17.6 Å². The lowest BCUT2D eigenvalue weighted by Gasteiger charge is -2.38. The Hall–Kier alpha value is -1.72. The van der Waals surface area contributed by atoms with Crippen molar-refractivity contribution < 1.29 is 19.8 Å². The number of halogens is 3. The summed E-state index contributed by atoms with van der Waals surface area (Å²) in [6.45, 7) is 2.82. The molecule has 2 saturated heterocycles. The molecule has 5 rings (SSSR count). The maximum absolute atomic E-state index is 13.4. The number of hydrogen-bond acceptors (Lipinski definition) is 5. The minimum atomic E-state index is -0.151. The second kappa shape index (κ2) is 14.4. The van der Waals surface area contributed by atoms with E-state index < -0.39 is 0 Å². The van der Waals surface area contributed by atoms with Gasteiger partial charge in [0.05, 0.1) is 18.9 Å². The number of aliphatic hydroxyl groups is 2. The van der Waals surface area contributed by atoms with E-state index in [-0.39, 0.29) is 50.1 Å². The second-order valence-corrected chi connectivity index (χ2v) is 13.9. The first-order valence-corrected chi connectivity index (χ1v) is 16.9. The van der Waals surface area contributed by atoms with Crippen molar-refractivity contribution in [3.05, 3.63) is 60.7 Å². The van der Waals surface area contributed by atoms with Gasteiger partial charge in [0.1, 0.15) is 0 Å². The molecule has 2 aliphatic heterocycles. The Morgan fingerprint density at radius 1 is 0.929 bits per heavy atom. The fourth-order valence-corrected chi connectivity index (χ4v) is 8.46. The number of aliphatic hydroxyl groups excluding tert-OH is 2. The first-order valence-electron chi connectivity index (χ1n) is 14.9. The summed E-state index contributed by atoms with van der Waals surface area (Å²) < 4.78 is 2.03. The van der Waals surface area contributed by atoms with Gasteiger partial charge in [-0.25, -0.2) is 4.79 Å². The zero-order valence-corrected chi connectivity index (χ0v) is 27.7. The number of nitrogens with zero attached hydrogens (tertiary/aromatic N) is 4. The predicted octanol–water partition coefficient (Wildman–Crippen LogP) is 5.24. The van der Waals surface area contributed by atoms with Crippen LogP contribution in [0, 0.1) is 11.8 Å². The van der Waals surface area contributed by atoms with Crippen molar-refractivity contribution in [2.75, 3.05) is 52.5 Å². The highest BCUT2D eigenvalue weighted by Crippen LogP contribution is 2.46. The van der Waals surface area contributed by atoms with Crippen LogP contribution in [0.4, 0.5) is 4.79 Å². The third-order valence-electron chi connectivity index (χ3n) is 9.14. The van der Waals surface area contributed by atoms with Crippen LogP contribution in [0.25, 0.3) is 0 Å². The number of rotatable bonds is 7. The molecule has 228 valence electrons. The van der Waals surface area contributed by atoms with Gasteiger partial charge in [0.25, 0.3) is 0 Å². The summed E-state index contributed by atoms with van der Waals surface area (Å²) in [4.78, 5) is 36.4. The number of amides is 3. The van der Waals surface area contributed by atoms with Crippen LogP contribution in [-0.4, -0.2) is 94.3 Å². The lowest BCUT2D eigenvalue weighted by Crippen LogP contribution is -2.49. The SMILES string of the molecule is O=C(CC1CCN(C(=O)N(CCO)CCO)CC1)N1CCC([C@H]2c3ncc(Br)cc3CCc3cc(Cl)cc(Br)c32)CC1. The second-order valence-electron chi connectivity index (χ2n) is 11.7. The van der Waals surface area contributed by atoms with Gasteiger partial charge in [-0.1, -0.05) is 27.5 Å². The summed E-state index contributed by atoms with van der Waals surface area (Å²) in [6.07, 6.45) is 7.65. The van der Waals surface area contributed by atoms with Gasteiger partial charge in [-0.3, -0.25) is 9.78 Å². The van der Waals surface area contributed by atoms with Crippen molar-refractivity contribution in [1.29, 1.82) is 0 Å². The Morgan fingerprint density at radius 3 is 2.24 bits per heavy atom. The minimum absolute atomic E-state index is 0.132. The largest absolute Gasteiger partial charge is 0.395 e. The third-order valence-corrected chi connectivity index (χ3v) is 10.4. The molecule has 3 amide bonds. The Kier molecular flexibility index (Phi) is 10.8. The van der Waals surface area contributed by atoms with Gasteiger partial charge in [-0.15, -0.1) is 0 Å². The molecule has 11 heteroatoms. The number of pyridine rings is 1. The Bertz CT molecular complexity index is 1280. The van der Waals surface area contributed by atoms with Gasteiger partial charge in [-0.2, -0.15) is 0 Å². The zero-order valence-electron chi connectivity index (χ0n) is 23.8. The van der Waals surface area contributed by atoms with Crippen LogP contribution in [0.2, 0.25) is 5.02 Å². The number of aromatic nitrogens is 1. The maximum Gasteiger partial charge on any atom is 0.320 e. The molecule has 2 fully saturated rings. The quantitative estimate of drug-likeness (QED) is 0.407. The van der Waals surface area contributed by atoms with E-state index in [1.54, 1.807) is 4.90 Å². The molecule has 42 heavy (non-hydrogen) atoms. The van der Waals surface area contributed by atoms with Crippen LogP contribution >= 0.6 is 43.5 Å². The molecule has 8 nitrogen and oxygen atoms in total. The Balaban J connectivity index is 1.20. The number of carbonyl (C=O) groups excluding carboxylic acids is 2. The third kappa shape index (κ3) is 7.15. The minimum Gasteiger partial charge on any atom is -0.395 e. The van der Waals surface area contributed by atoms with Gasteiger partial charge in [0.2, 0.25) is 5.91 Å². The molecule has 0 radical (unpaired) electrons. The summed E-state index contributed by atoms with van der Waals surface area (Å²) >= 11 is 13.9. The van der Waals surface area contributed by atoms with E-state index in [0.29, 0.717) is 25.4 Å². The van der Waals surface area contributed by atoms with Gasteiger partial charge in [0.15, 0.2) is 0 Å². The van der Waals surface area contributed by atoms with Crippen LogP contribution in [0.5, 0.6) is 0 Å². The number of piperidine rings is 2. The lowest BCUT2D eigenvalue weighted by atomic mass is 9.76. The first kappa shape index (κ1) is 31.7. The molecule has 1 aromatic carbocycles. The molecule has 2 aromatic rings. The van der Waals surface area contributed by atoms with Crippen LogP contribution in [0.15, 0.2) is 33.3 Å². The van der Waals surface area contributed by atoms with E-state index in [0.717, 1.165) is 71.3 Å². The fourth-order valence-electron chi connectivity index (χ4n) is 6.96. The van der Waals surface area contributed by atoms with E-state index in [1.165, 1.54) is 21.6 Å². The number of fused-ring (bicyclic) bond motifs is 2. The summed E-state index contributed by atoms with van der Waals surface area (Å²) in [5.74, 6) is 0.975. The highest BCUT2D eigenvalue weighted by atomic mass is 79.9. The van der Waals surface area contributed by atoms with E-state index >= 15 is 0 Å². The molecule has 1 aliphatic carbocycles. The lowest BCUT2D eigenvalue weighted by molar-refractivity contribution is -0.134. The summed E-state index contributed by atoms with van der Waals surface area (Å²) in [6, 6.07) is 6.14. The van der Waals surface area contributed by atoms with Gasteiger partial charge in [0, 0.05) is 71.8 Å². The van der Waals surface area contributed by atoms with Crippen LogP contribution in [0.3, 0.4) is 0 Å². The first-order chi connectivity index (χ1) is 20.3. The van der Waals surface area contributed by atoms with Crippen LogP contribution < -0.4 is 0 Å². The molecule has 0 unspecified atom stereocenters. The van der Waals surface area contributed by atoms with Gasteiger partial charge in [-0.05, 0) is 101 Å². The Labute approximate surface area is 269 Å². The molecular weight excluding hydrogens is 688 g/mol.